The molecule has 154 valence electrons. The molecular formula is C22H25Cl2N3O2. The maximum atomic E-state index is 9.41. The number of hydrogen-bond donors (Lipinski definition) is 1. The number of hydrogen-bond acceptors (Lipinski definition) is 3. The lowest BCUT2D eigenvalue weighted by Gasteiger charge is -2.25. The third kappa shape index (κ3) is 3.38. The van der Waals surface area contributed by atoms with E-state index in [9.17, 15) is 5.11 Å². The quantitative estimate of drug-likeness (QED) is 0.594. The Balaban J connectivity index is 1.63. The summed E-state index contributed by atoms with van der Waals surface area (Å²) in [5, 5.41) is 16.3. The number of halogens is 2. The molecule has 0 saturated carbocycles. The van der Waals surface area contributed by atoms with E-state index in [2.05, 4.69) is 21.9 Å². The highest BCUT2D eigenvalue weighted by Crippen LogP contribution is 2.44. The van der Waals surface area contributed by atoms with Crippen molar-refractivity contribution in [1.82, 2.24) is 14.3 Å². The molecule has 0 spiro atoms. The van der Waals surface area contributed by atoms with Crippen LogP contribution in [0.4, 0.5) is 0 Å². The fourth-order valence-corrected chi connectivity index (χ4v) is 5.30. The van der Waals surface area contributed by atoms with Crippen molar-refractivity contribution in [2.24, 2.45) is 5.92 Å². The van der Waals surface area contributed by atoms with Gasteiger partial charge < -0.3 is 14.4 Å². The highest BCUT2D eigenvalue weighted by Gasteiger charge is 2.28. The van der Waals surface area contributed by atoms with Crippen molar-refractivity contribution in [3.63, 3.8) is 0 Å². The Hall–Kier alpha value is -1.53. The molecule has 2 atom stereocenters. The van der Waals surface area contributed by atoms with Gasteiger partial charge in [0.25, 0.3) is 0 Å². The Morgan fingerprint density at radius 1 is 1.21 bits per heavy atom. The number of rotatable bonds is 4. The monoisotopic (exact) mass is 433 g/mol. The maximum Gasteiger partial charge on any atom is 0.150 e. The molecule has 1 N–H and O–H groups in total. The second-order valence-corrected chi connectivity index (χ2v) is 8.92. The zero-order valence-corrected chi connectivity index (χ0v) is 17.8. The number of benzene rings is 1. The first-order chi connectivity index (χ1) is 14.2. The molecule has 7 heteroatoms. The van der Waals surface area contributed by atoms with Gasteiger partial charge in [-0.05, 0) is 50.5 Å². The van der Waals surface area contributed by atoms with E-state index in [0.29, 0.717) is 16.0 Å². The summed E-state index contributed by atoms with van der Waals surface area (Å²) in [6.45, 7) is 1.87. The van der Waals surface area contributed by atoms with Crippen LogP contribution in [-0.2, 0) is 17.7 Å². The third-order valence-corrected chi connectivity index (χ3v) is 7.13. The van der Waals surface area contributed by atoms with Crippen molar-refractivity contribution in [1.29, 1.82) is 0 Å². The van der Waals surface area contributed by atoms with E-state index in [1.165, 1.54) is 17.7 Å². The summed E-state index contributed by atoms with van der Waals surface area (Å²) >= 11 is 13.0. The van der Waals surface area contributed by atoms with Gasteiger partial charge in [0, 0.05) is 48.2 Å². The second-order valence-electron chi connectivity index (χ2n) is 8.14. The van der Waals surface area contributed by atoms with Crippen molar-refractivity contribution in [3.8, 4) is 11.1 Å². The molecule has 2 aliphatic rings. The first-order valence-electron chi connectivity index (χ1n) is 10.4. The van der Waals surface area contributed by atoms with E-state index in [-0.39, 0.29) is 12.8 Å². The zero-order chi connectivity index (χ0) is 20.0. The molecule has 0 radical (unpaired) electrons. The molecule has 5 nitrogen and oxygen atoms in total. The summed E-state index contributed by atoms with van der Waals surface area (Å²) in [7, 11) is 0. The Morgan fingerprint density at radius 3 is 2.90 bits per heavy atom. The smallest absolute Gasteiger partial charge is 0.150 e. The van der Waals surface area contributed by atoms with Crippen LogP contribution in [0.2, 0.25) is 10.0 Å². The van der Waals surface area contributed by atoms with Crippen molar-refractivity contribution >= 4 is 34.1 Å². The molecule has 0 amide bonds. The molecule has 0 bridgehead atoms. The number of ether oxygens (including phenoxy) is 1. The zero-order valence-electron chi connectivity index (χ0n) is 16.3. The van der Waals surface area contributed by atoms with E-state index in [0.717, 1.165) is 61.7 Å². The average Bonchev–Trinajstić information content (AvgIpc) is 3.34. The van der Waals surface area contributed by atoms with E-state index in [1.54, 1.807) is 0 Å². The average molecular weight is 434 g/mol. The van der Waals surface area contributed by atoms with Crippen molar-refractivity contribution in [3.05, 3.63) is 40.3 Å². The molecule has 1 saturated heterocycles. The summed E-state index contributed by atoms with van der Waals surface area (Å²) in [6, 6.07) is 3.95. The lowest BCUT2D eigenvalue weighted by molar-refractivity contribution is -0.0394. The van der Waals surface area contributed by atoms with E-state index < -0.39 is 0 Å². The van der Waals surface area contributed by atoms with Gasteiger partial charge in [0.1, 0.15) is 6.23 Å². The number of aromatic nitrogens is 3. The van der Waals surface area contributed by atoms with Gasteiger partial charge in [-0.3, -0.25) is 0 Å². The highest BCUT2D eigenvalue weighted by atomic mass is 35.5. The summed E-state index contributed by atoms with van der Waals surface area (Å²) < 4.78 is 10.2. The van der Waals surface area contributed by atoms with Gasteiger partial charge in [0.05, 0.1) is 21.8 Å². The van der Waals surface area contributed by atoms with Crippen LogP contribution in [-0.4, -0.2) is 32.7 Å². The molecule has 2 unspecified atom stereocenters. The van der Waals surface area contributed by atoms with Crippen molar-refractivity contribution < 1.29 is 9.84 Å². The van der Waals surface area contributed by atoms with Crippen LogP contribution in [0.3, 0.4) is 0 Å². The van der Waals surface area contributed by atoms with Crippen LogP contribution in [0.15, 0.2) is 24.5 Å². The van der Waals surface area contributed by atoms with Crippen molar-refractivity contribution in [2.75, 3.05) is 13.2 Å². The van der Waals surface area contributed by atoms with Crippen molar-refractivity contribution in [2.45, 2.75) is 51.3 Å². The largest absolute Gasteiger partial charge is 0.396 e. The highest BCUT2D eigenvalue weighted by molar-refractivity contribution is 6.45. The molecule has 1 aromatic carbocycles. The minimum absolute atomic E-state index is 0.0224. The third-order valence-electron chi connectivity index (χ3n) is 6.33. The molecule has 4 heterocycles. The molecule has 0 aliphatic carbocycles. The Kier molecular flexibility index (Phi) is 5.33. The SMILES string of the molecule is OCCC1CCc2c(-c3cnn(C4CCCCO4)c3)c3ccc(Cl)c(Cl)c3n2C1. The number of fused-ring (bicyclic) bond motifs is 3. The van der Waals surface area contributed by atoms with Gasteiger partial charge in [0.15, 0.2) is 0 Å². The summed E-state index contributed by atoms with van der Waals surface area (Å²) in [6.07, 6.45) is 10.2. The van der Waals surface area contributed by atoms with Gasteiger partial charge >= 0.3 is 0 Å². The molecule has 2 aliphatic heterocycles. The van der Waals surface area contributed by atoms with Crippen LogP contribution in [0.1, 0.15) is 44.0 Å². The lowest BCUT2D eigenvalue weighted by atomic mass is 9.93. The lowest BCUT2D eigenvalue weighted by Crippen LogP contribution is -2.21. The predicted molar refractivity (Wildman–Crippen MR) is 116 cm³/mol. The maximum absolute atomic E-state index is 9.41. The number of aliphatic hydroxyl groups is 1. The number of aliphatic hydroxyl groups excluding tert-OH is 1. The first kappa shape index (κ1) is 19.4. The fourth-order valence-electron chi connectivity index (χ4n) is 4.88. The standard InChI is InChI=1S/C22H25Cl2N3O2/c23-17-6-5-16-20(15-11-25-27(13-15)19-3-1-2-10-29-19)18-7-4-14(8-9-28)12-26(18)22(16)21(17)24/h5-6,11,13-14,19,28H,1-4,7-10,12H2. The summed E-state index contributed by atoms with van der Waals surface area (Å²) in [5.74, 6) is 0.448. The molecule has 5 rings (SSSR count). The van der Waals surface area contributed by atoms with Gasteiger partial charge in [-0.1, -0.05) is 29.3 Å². The molecule has 29 heavy (non-hydrogen) atoms. The Morgan fingerprint density at radius 2 is 2.10 bits per heavy atom. The van der Waals surface area contributed by atoms with Crippen LogP contribution >= 0.6 is 23.2 Å². The van der Waals surface area contributed by atoms with E-state index in [1.807, 2.05) is 16.9 Å². The van der Waals surface area contributed by atoms with E-state index in [4.69, 9.17) is 27.9 Å². The van der Waals surface area contributed by atoms with Crippen LogP contribution in [0, 0.1) is 5.92 Å². The minimum Gasteiger partial charge on any atom is -0.396 e. The second kappa shape index (κ2) is 7.95. The Labute approximate surface area is 180 Å². The predicted octanol–water partition coefficient (Wildman–Crippen LogP) is 5.46. The normalized spacial score (nSPS) is 22.2. The van der Waals surface area contributed by atoms with Crippen LogP contribution in [0.25, 0.3) is 22.0 Å². The summed E-state index contributed by atoms with van der Waals surface area (Å²) in [5.41, 5.74) is 4.57. The van der Waals surface area contributed by atoms with Crippen LogP contribution in [0.5, 0.6) is 0 Å². The van der Waals surface area contributed by atoms with Gasteiger partial charge in [-0.2, -0.15) is 5.10 Å². The molecule has 3 aromatic rings. The molecule has 1 fully saturated rings. The molecular weight excluding hydrogens is 409 g/mol. The topological polar surface area (TPSA) is 52.2 Å². The van der Waals surface area contributed by atoms with E-state index >= 15 is 0 Å². The molecule has 2 aromatic heterocycles. The van der Waals surface area contributed by atoms with Gasteiger partial charge in [0.2, 0.25) is 0 Å². The van der Waals surface area contributed by atoms with Gasteiger partial charge in [-0.15, -0.1) is 0 Å². The first-order valence-corrected chi connectivity index (χ1v) is 11.2. The minimum atomic E-state index is 0.0224. The Bertz CT molecular complexity index is 1040. The fraction of sp³-hybridized carbons (Fsp3) is 0.500. The summed E-state index contributed by atoms with van der Waals surface area (Å²) in [4.78, 5) is 0. The van der Waals surface area contributed by atoms with Crippen LogP contribution < -0.4 is 0 Å². The van der Waals surface area contributed by atoms with Gasteiger partial charge in [-0.25, -0.2) is 4.68 Å². The number of nitrogens with zero attached hydrogens (tertiary/aromatic N) is 3.